The Kier molecular flexibility index (Phi) is 8.41. The lowest BCUT2D eigenvalue weighted by Gasteiger charge is -2.35. The molecule has 1 aromatic carbocycles. The molecule has 0 bridgehead atoms. The predicted molar refractivity (Wildman–Crippen MR) is 165 cm³/mol. The third kappa shape index (κ3) is 7.06. The Morgan fingerprint density at radius 2 is 1.74 bits per heavy atom. The van der Waals surface area contributed by atoms with Gasteiger partial charge in [0.2, 0.25) is 5.95 Å². The highest BCUT2D eigenvalue weighted by Gasteiger charge is 2.27. The summed E-state index contributed by atoms with van der Waals surface area (Å²) in [5, 5.41) is 14.6. The first-order valence-corrected chi connectivity index (χ1v) is 15.8. The zero-order chi connectivity index (χ0) is 29.3. The molecule has 3 aliphatic rings. The van der Waals surface area contributed by atoms with Crippen LogP contribution in [0.5, 0.6) is 0 Å². The second-order valence-corrected chi connectivity index (χ2v) is 13.4. The molecule has 0 unspecified atom stereocenters. The normalized spacial score (nSPS) is 22.0. The molecule has 2 N–H and O–H groups in total. The molecule has 1 saturated heterocycles. The number of ether oxygens (including phenoxy) is 1. The quantitative estimate of drug-likeness (QED) is 0.349. The number of anilines is 1. The molecule has 9 heteroatoms. The standard InChI is InChI=1S/C33H46N6O3/c1-33(2,3)42-32(41)38-18-16-37(17-19-38)21-24-6-8-25(9-7-24)29-22-39(26-10-12-27(40)13-11-26)30-28(29)20-35-31(36-30)34-15-14-23-4-5-23/h6-9,20,22-23,26-27,40H,4-5,10-19,21H2,1-3H3,(H,34,35,36)/t26-,27-. The largest absolute Gasteiger partial charge is 0.444 e. The number of amides is 1. The van der Waals surface area contributed by atoms with Gasteiger partial charge in [0.15, 0.2) is 0 Å². The van der Waals surface area contributed by atoms with Crippen LogP contribution in [-0.4, -0.2) is 80.0 Å². The van der Waals surface area contributed by atoms with Crippen LogP contribution in [0.2, 0.25) is 0 Å². The van der Waals surface area contributed by atoms with Crippen molar-refractivity contribution in [2.24, 2.45) is 5.92 Å². The number of hydrogen-bond donors (Lipinski definition) is 2. The summed E-state index contributed by atoms with van der Waals surface area (Å²) >= 11 is 0. The minimum absolute atomic E-state index is 0.190. The van der Waals surface area contributed by atoms with Crippen molar-refractivity contribution in [1.82, 2.24) is 24.3 Å². The van der Waals surface area contributed by atoms with Crippen molar-refractivity contribution in [1.29, 1.82) is 0 Å². The fourth-order valence-corrected chi connectivity index (χ4v) is 6.22. The minimum atomic E-state index is -0.470. The molecule has 2 saturated carbocycles. The lowest BCUT2D eigenvalue weighted by Crippen LogP contribution is -2.49. The average Bonchev–Trinajstić information content (AvgIpc) is 3.72. The van der Waals surface area contributed by atoms with Gasteiger partial charge in [0.05, 0.1) is 6.10 Å². The summed E-state index contributed by atoms with van der Waals surface area (Å²) in [6.07, 6.45) is 11.3. The Morgan fingerprint density at radius 3 is 2.40 bits per heavy atom. The lowest BCUT2D eigenvalue weighted by atomic mass is 9.93. The average molecular weight is 575 g/mol. The van der Waals surface area contributed by atoms with Crippen molar-refractivity contribution in [3.05, 3.63) is 42.2 Å². The van der Waals surface area contributed by atoms with Crippen molar-refractivity contribution < 1.29 is 14.6 Å². The van der Waals surface area contributed by atoms with E-state index in [1.54, 1.807) is 0 Å². The van der Waals surface area contributed by atoms with Gasteiger partial charge < -0.3 is 24.6 Å². The Bertz CT molecular complexity index is 1360. The molecular formula is C33H46N6O3. The predicted octanol–water partition coefficient (Wildman–Crippen LogP) is 5.84. The van der Waals surface area contributed by atoms with E-state index < -0.39 is 5.60 Å². The number of fused-ring (bicyclic) bond motifs is 1. The van der Waals surface area contributed by atoms with Crippen LogP contribution >= 0.6 is 0 Å². The Balaban J connectivity index is 1.15. The number of carbonyl (C=O) groups is 1. The van der Waals surface area contributed by atoms with Gasteiger partial charge in [-0.25, -0.2) is 9.78 Å². The number of carbonyl (C=O) groups excluding carboxylic acids is 1. The summed E-state index contributed by atoms with van der Waals surface area (Å²) in [4.78, 5) is 26.3. The van der Waals surface area contributed by atoms with Crippen LogP contribution in [-0.2, 0) is 11.3 Å². The monoisotopic (exact) mass is 574 g/mol. The topological polar surface area (TPSA) is 95.8 Å². The number of piperazine rings is 1. The smallest absolute Gasteiger partial charge is 0.410 e. The van der Waals surface area contributed by atoms with E-state index in [1.165, 1.54) is 24.8 Å². The number of aliphatic hydroxyl groups is 1. The van der Waals surface area contributed by atoms with Crippen LogP contribution in [0.1, 0.15) is 77.3 Å². The SMILES string of the molecule is CC(C)(C)OC(=O)N1CCN(Cc2ccc(-c3cn([C@H]4CC[C@H](O)CC4)c4nc(NCCC5CC5)ncc34)cc2)CC1. The van der Waals surface area contributed by atoms with Gasteiger partial charge in [0.25, 0.3) is 0 Å². The highest BCUT2D eigenvalue weighted by atomic mass is 16.6. The number of benzene rings is 1. The molecule has 1 amide bonds. The first kappa shape index (κ1) is 28.9. The molecule has 3 fully saturated rings. The number of aliphatic hydroxyl groups excluding tert-OH is 1. The number of aromatic nitrogens is 3. The molecule has 42 heavy (non-hydrogen) atoms. The third-order valence-corrected chi connectivity index (χ3v) is 8.86. The van der Waals surface area contributed by atoms with Gasteiger partial charge >= 0.3 is 6.09 Å². The van der Waals surface area contributed by atoms with E-state index in [4.69, 9.17) is 14.7 Å². The van der Waals surface area contributed by atoms with Crippen molar-refractivity contribution >= 4 is 23.1 Å². The van der Waals surface area contributed by atoms with Gasteiger partial charge in [-0.15, -0.1) is 0 Å². The Labute approximate surface area is 249 Å². The molecule has 6 rings (SSSR count). The van der Waals surface area contributed by atoms with E-state index in [0.29, 0.717) is 25.1 Å². The maximum absolute atomic E-state index is 12.4. The maximum Gasteiger partial charge on any atom is 0.410 e. The van der Waals surface area contributed by atoms with Gasteiger partial charge in [-0.1, -0.05) is 37.1 Å². The summed E-state index contributed by atoms with van der Waals surface area (Å²) in [5.41, 5.74) is 4.07. The van der Waals surface area contributed by atoms with Crippen LogP contribution in [0, 0.1) is 5.92 Å². The van der Waals surface area contributed by atoms with Gasteiger partial charge in [-0.2, -0.15) is 4.98 Å². The van der Waals surface area contributed by atoms with Gasteiger partial charge in [-0.05, 0) is 69.9 Å². The van der Waals surface area contributed by atoms with Gasteiger partial charge in [0.1, 0.15) is 11.2 Å². The molecule has 3 heterocycles. The van der Waals surface area contributed by atoms with Crippen LogP contribution in [0.4, 0.5) is 10.7 Å². The van der Waals surface area contributed by atoms with E-state index in [-0.39, 0.29) is 12.2 Å². The zero-order valence-electron chi connectivity index (χ0n) is 25.4. The Hall–Kier alpha value is -3.17. The summed E-state index contributed by atoms with van der Waals surface area (Å²) in [7, 11) is 0. The second-order valence-electron chi connectivity index (χ2n) is 13.4. The maximum atomic E-state index is 12.4. The summed E-state index contributed by atoms with van der Waals surface area (Å²) in [6.45, 7) is 10.5. The number of rotatable bonds is 8. The molecule has 0 atom stereocenters. The zero-order valence-corrected chi connectivity index (χ0v) is 25.4. The molecule has 2 aliphatic carbocycles. The van der Waals surface area contributed by atoms with E-state index >= 15 is 0 Å². The fourth-order valence-electron chi connectivity index (χ4n) is 6.22. The fraction of sp³-hybridized carbons (Fsp3) is 0.606. The lowest BCUT2D eigenvalue weighted by molar-refractivity contribution is 0.0139. The number of nitrogens with one attached hydrogen (secondary N) is 1. The third-order valence-electron chi connectivity index (χ3n) is 8.86. The van der Waals surface area contributed by atoms with Gasteiger partial charge in [0, 0.05) is 68.7 Å². The first-order valence-electron chi connectivity index (χ1n) is 15.8. The molecule has 0 radical (unpaired) electrons. The van der Waals surface area contributed by atoms with Crippen LogP contribution in [0.3, 0.4) is 0 Å². The van der Waals surface area contributed by atoms with Crippen LogP contribution < -0.4 is 5.32 Å². The highest BCUT2D eigenvalue weighted by molar-refractivity contribution is 5.94. The second kappa shape index (κ2) is 12.2. The molecule has 0 spiro atoms. The van der Waals surface area contributed by atoms with E-state index in [9.17, 15) is 9.90 Å². The number of nitrogens with zero attached hydrogens (tertiary/aromatic N) is 5. The first-order chi connectivity index (χ1) is 20.2. The molecular weight excluding hydrogens is 528 g/mol. The van der Waals surface area contributed by atoms with Crippen LogP contribution in [0.25, 0.3) is 22.2 Å². The van der Waals surface area contributed by atoms with Crippen molar-refractivity contribution in [3.8, 4) is 11.1 Å². The molecule has 9 nitrogen and oxygen atoms in total. The highest BCUT2D eigenvalue weighted by Crippen LogP contribution is 2.37. The Morgan fingerprint density at radius 1 is 1.02 bits per heavy atom. The summed E-state index contributed by atoms with van der Waals surface area (Å²) < 4.78 is 7.87. The molecule has 226 valence electrons. The van der Waals surface area contributed by atoms with E-state index in [0.717, 1.165) is 79.9 Å². The van der Waals surface area contributed by atoms with E-state index in [1.807, 2.05) is 31.9 Å². The molecule has 2 aromatic heterocycles. The van der Waals surface area contributed by atoms with E-state index in [2.05, 4.69) is 45.2 Å². The van der Waals surface area contributed by atoms with Crippen molar-refractivity contribution in [2.45, 2.75) is 90.0 Å². The van der Waals surface area contributed by atoms with Crippen molar-refractivity contribution in [3.63, 3.8) is 0 Å². The number of hydrogen-bond acceptors (Lipinski definition) is 7. The molecule has 3 aromatic rings. The van der Waals surface area contributed by atoms with Gasteiger partial charge in [-0.3, -0.25) is 4.90 Å². The van der Waals surface area contributed by atoms with Crippen molar-refractivity contribution in [2.75, 3.05) is 38.0 Å². The van der Waals surface area contributed by atoms with Crippen LogP contribution in [0.15, 0.2) is 36.7 Å². The minimum Gasteiger partial charge on any atom is -0.444 e. The molecule has 1 aliphatic heterocycles. The summed E-state index contributed by atoms with van der Waals surface area (Å²) in [6, 6.07) is 9.17. The summed E-state index contributed by atoms with van der Waals surface area (Å²) in [5.74, 6) is 1.57.